The van der Waals surface area contributed by atoms with Crippen LogP contribution in [-0.2, 0) is 10.0 Å². The lowest BCUT2D eigenvalue weighted by Crippen LogP contribution is -2.16. The van der Waals surface area contributed by atoms with E-state index in [1.165, 1.54) is 12.1 Å². The minimum Gasteiger partial charge on any atom is -0.492 e. The Balaban J connectivity index is 2.32. The van der Waals surface area contributed by atoms with Crippen LogP contribution in [0.25, 0.3) is 0 Å². The summed E-state index contributed by atoms with van der Waals surface area (Å²) >= 11 is 5.80. The molecule has 0 aliphatic heterocycles. The molecule has 0 radical (unpaired) electrons. The minimum atomic E-state index is -4.02. The van der Waals surface area contributed by atoms with Gasteiger partial charge in [0.05, 0.1) is 17.3 Å². The van der Waals surface area contributed by atoms with E-state index in [0.717, 1.165) is 6.07 Å². The number of hydrogen-bond acceptors (Lipinski definition) is 4. The van der Waals surface area contributed by atoms with Crippen LogP contribution in [0.1, 0.15) is 17.3 Å². The molecule has 0 saturated carbocycles. The van der Waals surface area contributed by atoms with E-state index in [4.69, 9.17) is 21.5 Å². The van der Waals surface area contributed by atoms with Crippen LogP contribution in [0.2, 0.25) is 5.02 Å². The topological polar surface area (TPSA) is 98.5 Å². The van der Waals surface area contributed by atoms with Gasteiger partial charge >= 0.3 is 0 Å². The van der Waals surface area contributed by atoms with Crippen LogP contribution in [0, 0.1) is 0 Å². The molecule has 122 valence electrons. The van der Waals surface area contributed by atoms with Gasteiger partial charge in [-0.1, -0.05) is 23.7 Å². The van der Waals surface area contributed by atoms with Gasteiger partial charge in [0, 0.05) is 5.56 Å². The number of rotatable bonds is 5. The highest BCUT2D eigenvalue weighted by Crippen LogP contribution is 2.26. The number of para-hydroxylation sites is 2. The fourth-order valence-corrected chi connectivity index (χ4v) is 2.98. The lowest BCUT2D eigenvalue weighted by atomic mass is 10.2. The summed E-state index contributed by atoms with van der Waals surface area (Å²) in [5.41, 5.74) is 0.594. The molecule has 0 fully saturated rings. The Kier molecular flexibility index (Phi) is 5.25. The van der Waals surface area contributed by atoms with E-state index < -0.39 is 15.9 Å². The number of amides is 1. The molecule has 2 aromatic carbocycles. The molecule has 0 unspecified atom stereocenters. The van der Waals surface area contributed by atoms with Crippen LogP contribution < -0.4 is 15.2 Å². The van der Waals surface area contributed by atoms with Crippen molar-refractivity contribution in [2.24, 2.45) is 5.14 Å². The molecule has 0 aliphatic carbocycles. The van der Waals surface area contributed by atoms with Crippen LogP contribution in [0.4, 0.5) is 5.69 Å². The number of carbonyl (C=O) groups is 1. The number of carbonyl (C=O) groups excluding carboxylic acids is 1. The molecule has 0 aliphatic rings. The molecular weight excluding hydrogens is 340 g/mol. The van der Waals surface area contributed by atoms with Gasteiger partial charge in [-0.05, 0) is 37.3 Å². The Bertz CT molecular complexity index is 837. The van der Waals surface area contributed by atoms with E-state index in [1.54, 1.807) is 24.3 Å². The molecule has 23 heavy (non-hydrogen) atoms. The zero-order valence-corrected chi connectivity index (χ0v) is 13.8. The van der Waals surface area contributed by atoms with Crippen molar-refractivity contribution in [1.82, 2.24) is 0 Å². The van der Waals surface area contributed by atoms with Crippen LogP contribution >= 0.6 is 11.6 Å². The van der Waals surface area contributed by atoms with E-state index in [-0.39, 0.29) is 15.5 Å². The first kappa shape index (κ1) is 17.3. The fraction of sp³-hybridized carbons (Fsp3) is 0.133. The Morgan fingerprint density at radius 3 is 2.61 bits per heavy atom. The zero-order chi connectivity index (χ0) is 17.0. The predicted molar refractivity (Wildman–Crippen MR) is 88.4 cm³/mol. The van der Waals surface area contributed by atoms with Gasteiger partial charge in [0.25, 0.3) is 5.91 Å². The number of ether oxygens (including phenoxy) is 1. The predicted octanol–water partition coefficient (Wildman–Crippen LogP) is 2.64. The number of nitrogens with one attached hydrogen (secondary N) is 1. The SMILES string of the molecule is CCOc1ccccc1NC(=O)c1ccc(Cl)c(S(N)(=O)=O)c1. The number of halogens is 1. The van der Waals surface area contributed by atoms with Crippen molar-refractivity contribution in [2.75, 3.05) is 11.9 Å². The summed E-state index contributed by atoms with van der Waals surface area (Å²) in [7, 11) is -4.02. The van der Waals surface area contributed by atoms with Crippen molar-refractivity contribution < 1.29 is 17.9 Å². The van der Waals surface area contributed by atoms with Crippen LogP contribution in [0.15, 0.2) is 47.4 Å². The normalized spacial score (nSPS) is 11.1. The molecule has 0 heterocycles. The molecule has 0 saturated heterocycles. The number of benzene rings is 2. The quantitative estimate of drug-likeness (QED) is 0.862. The Hall–Kier alpha value is -2.09. The summed E-state index contributed by atoms with van der Waals surface area (Å²) in [5, 5.41) is 7.70. The van der Waals surface area contributed by atoms with Gasteiger partial charge in [-0.2, -0.15) is 0 Å². The van der Waals surface area contributed by atoms with Crippen molar-refractivity contribution in [3.8, 4) is 5.75 Å². The summed E-state index contributed by atoms with van der Waals surface area (Å²) in [6, 6.07) is 10.8. The number of nitrogens with two attached hydrogens (primary N) is 1. The third-order valence-corrected chi connectivity index (χ3v) is 4.33. The van der Waals surface area contributed by atoms with Crippen molar-refractivity contribution >= 4 is 33.2 Å². The van der Waals surface area contributed by atoms with Gasteiger partial charge in [-0.25, -0.2) is 13.6 Å². The molecule has 2 aromatic rings. The summed E-state index contributed by atoms with van der Waals surface area (Å²) in [4.78, 5) is 12.0. The van der Waals surface area contributed by atoms with Gasteiger partial charge in [-0.15, -0.1) is 0 Å². The third-order valence-electron chi connectivity index (χ3n) is 2.94. The number of sulfonamides is 1. The number of primary sulfonamides is 1. The summed E-state index contributed by atoms with van der Waals surface area (Å²) < 4.78 is 28.4. The first-order valence-corrected chi connectivity index (χ1v) is 8.61. The Labute approximate surface area is 139 Å². The minimum absolute atomic E-state index is 0.0428. The average Bonchev–Trinajstić information content (AvgIpc) is 2.48. The molecule has 8 heteroatoms. The first-order valence-electron chi connectivity index (χ1n) is 6.68. The van der Waals surface area contributed by atoms with Crippen molar-refractivity contribution in [1.29, 1.82) is 0 Å². The molecule has 1 amide bonds. The van der Waals surface area contributed by atoms with Crippen molar-refractivity contribution in [3.63, 3.8) is 0 Å². The first-order chi connectivity index (χ1) is 10.8. The maximum Gasteiger partial charge on any atom is 0.255 e. The highest BCUT2D eigenvalue weighted by atomic mass is 35.5. The maximum absolute atomic E-state index is 12.3. The van der Waals surface area contributed by atoms with Gasteiger partial charge in [0.2, 0.25) is 10.0 Å². The molecule has 0 aromatic heterocycles. The van der Waals surface area contributed by atoms with Gasteiger partial charge in [-0.3, -0.25) is 4.79 Å². The second-order valence-electron chi connectivity index (χ2n) is 4.57. The number of anilines is 1. The average molecular weight is 355 g/mol. The van der Waals surface area contributed by atoms with Gasteiger partial charge in [0.1, 0.15) is 10.6 Å². The molecule has 0 bridgehead atoms. The fourth-order valence-electron chi connectivity index (χ4n) is 1.91. The molecular formula is C15H15ClN2O4S. The van der Waals surface area contributed by atoms with Crippen molar-refractivity contribution in [2.45, 2.75) is 11.8 Å². The van der Waals surface area contributed by atoms with E-state index >= 15 is 0 Å². The molecule has 6 nitrogen and oxygen atoms in total. The highest BCUT2D eigenvalue weighted by molar-refractivity contribution is 7.89. The summed E-state index contributed by atoms with van der Waals surface area (Å²) in [6.07, 6.45) is 0. The van der Waals surface area contributed by atoms with E-state index in [9.17, 15) is 13.2 Å². The van der Waals surface area contributed by atoms with E-state index in [1.807, 2.05) is 6.92 Å². The second kappa shape index (κ2) is 6.99. The van der Waals surface area contributed by atoms with Crippen molar-refractivity contribution in [3.05, 3.63) is 53.1 Å². The second-order valence-corrected chi connectivity index (χ2v) is 6.51. The lowest BCUT2D eigenvalue weighted by Gasteiger charge is -2.12. The van der Waals surface area contributed by atoms with Crippen LogP contribution in [0.3, 0.4) is 0 Å². The van der Waals surface area contributed by atoms with Gasteiger partial charge in [0.15, 0.2) is 0 Å². The molecule has 3 N–H and O–H groups in total. The Morgan fingerprint density at radius 1 is 1.26 bits per heavy atom. The van der Waals surface area contributed by atoms with E-state index in [2.05, 4.69) is 5.32 Å². The Morgan fingerprint density at radius 2 is 1.96 bits per heavy atom. The smallest absolute Gasteiger partial charge is 0.255 e. The standard InChI is InChI=1S/C15H15ClN2O4S/c1-2-22-13-6-4-3-5-12(13)18-15(19)10-7-8-11(16)14(9-10)23(17,20)21/h3-9H,2H2,1H3,(H,18,19)(H2,17,20,21). The third kappa shape index (κ3) is 4.22. The molecule has 0 atom stereocenters. The monoisotopic (exact) mass is 354 g/mol. The summed E-state index contributed by atoms with van der Waals surface area (Å²) in [6.45, 7) is 2.28. The lowest BCUT2D eigenvalue weighted by molar-refractivity contribution is 0.102. The zero-order valence-electron chi connectivity index (χ0n) is 12.2. The highest BCUT2D eigenvalue weighted by Gasteiger charge is 2.17. The maximum atomic E-state index is 12.3. The number of hydrogen-bond donors (Lipinski definition) is 2. The molecule has 0 spiro atoms. The van der Waals surface area contributed by atoms with Crippen LogP contribution in [-0.4, -0.2) is 20.9 Å². The van der Waals surface area contributed by atoms with E-state index in [0.29, 0.717) is 18.0 Å². The largest absolute Gasteiger partial charge is 0.492 e. The van der Waals surface area contributed by atoms with Crippen LogP contribution in [0.5, 0.6) is 5.75 Å². The summed E-state index contributed by atoms with van der Waals surface area (Å²) in [5.74, 6) is 0.0164. The molecule has 2 rings (SSSR count). The van der Waals surface area contributed by atoms with Gasteiger partial charge < -0.3 is 10.1 Å².